The highest BCUT2D eigenvalue weighted by atomic mass is 32.2. The molecule has 0 spiro atoms. The summed E-state index contributed by atoms with van der Waals surface area (Å²) in [6.07, 6.45) is 5.58. The number of hydrogen-bond acceptors (Lipinski definition) is 7. The van der Waals surface area contributed by atoms with Gasteiger partial charge in [-0.15, -0.1) is 0 Å². The van der Waals surface area contributed by atoms with Gasteiger partial charge in [-0.1, -0.05) is 55.7 Å². The highest BCUT2D eigenvalue weighted by Crippen LogP contribution is 2.55. The van der Waals surface area contributed by atoms with Gasteiger partial charge in [-0.05, 0) is 65.8 Å². The Morgan fingerprint density at radius 1 is 0.959 bits per heavy atom. The molecule has 11 heteroatoms. The lowest BCUT2D eigenvalue weighted by molar-refractivity contribution is -0.153. The van der Waals surface area contributed by atoms with Gasteiger partial charge in [0.05, 0.1) is 19.9 Å². The molecule has 3 heterocycles. The molecular formula is C38H44N4O6S. The van der Waals surface area contributed by atoms with Crippen molar-refractivity contribution in [3.63, 3.8) is 0 Å². The lowest BCUT2D eigenvalue weighted by Gasteiger charge is -2.31. The standard InChI is InChI=1S/C38H44N4O6S/c1-40(2)49(45,46)39-36(43)27-15-17-30-33(19-27)42-24-38(37(44)48-4)23-41(21-25-11-7-5-8-12-25)22-32(38)31-20-28(47-3)16-18-29(31)35(42)34(30)26-13-9-6-10-14-26/h5,7-8,11-12,15-20,26,32H,6,9-10,13-14,21-24H2,1-4H3,(H,39,43). The van der Waals surface area contributed by atoms with Crippen LogP contribution in [0.5, 0.6) is 5.75 Å². The van der Waals surface area contributed by atoms with E-state index < -0.39 is 21.5 Å². The number of fused-ring (bicyclic) bond motifs is 7. The van der Waals surface area contributed by atoms with E-state index in [0.29, 0.717) is 32.1 Å². The number of carbonyl (C=O) groups excluding carboxylic acids is 2. The number of hydrogen-bond donors (Lipinski definition) is 1. The Bertz CT molecular complexity index is 2020. The van der Waals surface area contributed by atoms with Crippen molar-refractivity contribution >= 4 is 33.0 Å². The number of aromatic nitrogens is 1. The van der Waals surface area contributed by atoms with Crippen LogP contribution in [0.3, 0.4) is 0 Å². The third kappa shape index (κ3) is 5.81. The molecule has 1 aliphatic carbocycles. The Labute approximate surface area is 288 Å². The number of carbonyl (C=O) groups is 2. The summed E-state index contributed by atoms with van der Waals surface area (Å²) < 4.78 is 42.0. The predicted octanol–water partition coefficient (Wildman–Crippen LogP) is 5.67. The number of nitrogens with zero attached hydrogens (tertiary/aromatic N) is 3. The normalized spacial score (nSPS) is 21.1. The number of methoxy groups -OCH3 is 2. The zero-order valence-corrected chi connectivity index (χ0v) is 29.4. The van der Waals surface area contributed by atoms with Crippen molar-refractivity contribution in [2.45, 2.75) is 57.0 Å². The van der Waals surface area contributed by atoms with Gasteiger partial charge in [0, 0.05) is 68.2 Å². The van der Waals surface area contributed by atoms with E-state index in [-0.39, 0.29) is 17.5 Å². The molecule has 10 nitrogen and oxygen atoms in total. The SMILES string of the molecule is COC(=O)C12CN(Cc3ccccc3)CC1c1cc(OC)ccc1-c1c(C3CCCCC3)c3ccc(C(=O)NS(=O)(=O)N(C)C)cc3n1C2. The topological polar surface area (TPSA) is 110 Å². The van der Waals surface area contributed by atoms with Crippen molar-refractivity contribution in [3.05, 3.63) is 89.0 Å². The summed E-state index contributed by atoms with van der Waals surface area (Å²) >= 11 is 0. The molecule has 3 aliphatic rings. The van der Waals surface area contributed by atoms with Crippen LogP contribution >= 0.6 is 0 Å². The van der Waals surface area contributed by atoms with Gasteiger partial charge in [0.25, 0.3) is 5.91 Å². The first-order chi connectivity index (χ1) is 23.6. The van der Waals surface area contributed by atoms with E-state index in [1.54, 1.807) is 19.2 Å². The Kier molecular flexibility index (Phi) is 8.79. The largest absolute Gasteiger partial charge is 0.497 e. The fraction of sp³-hybridized carbons (Fsp3) is 0.421. The quantitative estimate of drug-likeness (QED) is 0.238. The van der Waals surface area contributed by atoms with E-state index in [1.165, 1.54) is 38.8 Å². The average molecular weight is 685 g/mol. The van der Waals surface area contributed by atoms with Crippen LogP contribution in [0.4, 0.5) is 0 Å². The first-order valence-corrected chi connectivity index (χ1v) is 18.4. The summed E-state index contributed by atoms with van der Waals surface area (Å²) in [5, 5.41) is 1.02. The smallest absolute Gasteiger partial charge is 0.315 e. The maximum atomic E-state index is 14.3. The molecule has 1 amide bonds. The van der Waals surface area contributed by atoms with Gasteiger partial charge in [0.1, 0.15) is 11.2 Å². The first kappa shape index (κ1) is 33.3. The van der Waals surface area contributed by atoms with Crippen LogP contribution in [0.1, 0.15) is 71.0 Å². The zero-order chi connectivity index (χ0) is 34.5. The van der Waals surface area contributed by atoms with E-state index >= 15 is 0 Å². The molecule has 1 saturated carbocycles. The summed E-state index contributed by atoms with van der Waals surface area (Å²) in [5.74, 6) is -0.150. The summed E-state index contributed by atoms with van der Waals surface area (Å²) in [4.78, 5) is 30.1. The van der Waals surface area contributed by atoms with Crippen LogP contribution < -0.4 is 9.46 Å². The third-order valence-corrected chi connectivity index (χ3v) is 12.3. The van der Waals surface area contributed by atoms with Crippen molar-refractivity contribution < 1.29 is 27.5 Å². The van der Waals surface area contributed by atoms with Crippen LogP contribution in [0.2, 0.25) is 0 Å². The van der Waals surface area contributed by atoms with Gasteiger partial charge in [-0.25, -0.2) is 4.72 Å². The fourth-order valence-corrected chi connectivity index (χ4v) is 9.03. The number of esters is 1. The second-order valence-corrected chi connectivity index (χ2v) is 15.8. The van der Waals surface area contributed by atoms with E-state index in [4.69, 9.17) is 9.47 Å². The van der Waals surface area contributed by atoms with E-state index in [1.807, 2.05) is 30.3 Å². The minimum absolute atomic E-state index is 0.195. The molecule has 1 aromatic heterocycles. The van der Waals surface area contributed by atoms with Gasteiger partial charge >= 0.3 is 16.2 Å². The van der Waals surface area contributed by atoms with Gasteiger partial charge in [0.2, 0.25) is 0 Å². The summed E-state index contributed by atoms with van der Waals surface area (Å²) in [5.41, 5.74) is 5.65. The van der Waals surface area contributed by atoms with Gasteiger partial charge < -0.3 is 14.0 Å². The van der Waals surface area contributed by atoms with Crippen LogP contribution in [0.25, 0.3) is 22.2 Å². The Balaban J connectivity index is 1.47. The van der Waals surface area contributed by atoms with E-state index in [2.05, 4.69) is 38.5 Å². The number of rotatable bonds is 8. The van der Waals surface area contributed by atoms with Crippen molar-refractivity contribution in [1.29, 1.82) is 0 Å². The summed E-state index contributed by atoms with van der Waals surface area (Å²) in [7, 11) is 1.87. The lowest BCUT2D eigenvalue weighted by Crippen LogP contribution is -2.42. The Morgan fingerprint density at radius 2 is 1.71 bits per heavy atom. The van der Waals surface area contributed by atoms with Crippen molar-refractivity contribution in [1.82, 2.24) is 18.5 Å². The second kappa shape index (κ2) is 12.9. The zero-order valence-electron chi connectivity index (χ0n) is 28.6. The molecular weight excluding hydrogens is 641 g/mol. The van der Waals surface area contributed by atoms with Crippen molar-refractivity contribution in [2.24, 2.45) is 5.41 Å². The molecule has 4 aromatic rings. The van der Waals surface area contributed by atoms with Gasteiger partial charge in [0.15, 0.2) is 0 Å². The van der Waals surface area contributed by atoms with Crippen molar-refractivity contribution in [2.75, 3.05) is 41.4 Å². The summed E-state index contributed by atoms with van der Waals surface area (Å²) in [6.45, 7) is 2.16. The molecule has 2 fully saturated rings. The van der Waals surface area contributed by atoms with Crippen LogP contribution in [-0.2, 0) is 32.8 Å². The fourth-order valence-electron chi connectivity index (χ4n) is 8.50. The van der Waals surface area contributed by atoms with Gasteiger partial charge in [-0.2, -0.15) is 12.7 Å². The maximum Gasteiger partial charge on any atom is 0.315 e. The van der Waals surface area contributed by atoms with Gasteiger partial charge in [-0.3, -0.25) is 14.5 Å². The number of ether oxygens (including phenoxy) is 2. The molecule has 2 unspecified atom stereocenters. The predicted molar refractivity (Wildman–Crippen MR) is 189 cm³/mol. The van der Waals surface area contributed by atoms with Crippen LogP contribution in [0.15, 0.2) is 66.7 Å². The molecule has 258 valence electrons. The number of likely N-dealkylation sites (tertiary alicyclic amines) is 1. The van der Waals surface area contributed by atoms with Crippen molar-refractivity contribution in [3.8, 4) is 17.0 Å². The molecule has 7 rings (SSSR count). The number of benzene rings is 3. The highest BCUT2D eigenvalue weighted by molar-refractivity contribution is 7.87. The summed E-state index contributed by atoms with van der Waals surface area (Å²) in [6, 6.07) is 21.9. The number of nitrogens with one attached hydrogen (secondary N) is 1. The molecule has 1 saturated heterocycles. The molecule has 0 bridgehead atoms. The lowest BCUT2D eigenvalue weighted by atomic mass is 9.73. The second-order valence-electron chi connectivity index (χ2n) is 13.9. The molecule has 49 heavy (non-hydrogen) atoms. The minimum Gasteiger partial charge on any atom is -0.497 e. The number of amides is 1. The average Bonchev–Trinajstić information content (AvgIpc) is 3.60. The highest BCUT2D eigenvalue weighted by Gasteiger charge is 2.56. The van der Waals surface area contributed by atoms with E-state index in [9.17, 15) is 18.0 Å². The van der Waals surface area contributed by atoms with E-state index in [0.717, 1.165) is 63.5 Å². The molecule has 1 N–H and O–H groups in total. The Morgan fingerprint density at radius 3 is 2.41 bits per heavy atom. The monoisotopic (exact) mass is 684 g/mol. The molecule has 0 radical (unpaired) electrons. The third-order valence-electron chi connectivity index (χ3n) is 10.9. The van der Waals surface area contributed by atoms with Crippen LogP contribution in [0, 0.1) is 5.41 Å². The molecule has 2 aliphatic heterocycles. The maximum absolute atomic E-state index is 14.3. The van der Waals surface area contributed by atoms with Crippen LogP contribution in [-0.4, -0.2) is 75.5 Å². The minimum atomic E-state index is -4.00. The Hall–Kier alpha value is -4.19. The molecule has 2 atom stereocenters. The first-order valence-electron chi connectivity index (χ1n) is 17.0. The molecule has 3 aromatic carbocycles.